The molecular formula is C13H18BrClN2O3. The molecule has 0 radical (unpaired) electrons. The van der Waals surface area contributed by atoms with Crippen LogP contribution in [0.15, 0.2) is 22.7 Å². The molecule has 0 atom stereocenters. The lowest BCUT2D eigenvalue weighted by molar-refractivity contribution is -0.123. The maximum absolute atomic E-state index is 11.5. The first kappa shape index (κ1) is 17.2. The van der Waals surface area contributed by atoms with E-state index in [1.807, 2.05) is 0 Å². The van der Waals surface area contributed by atoms with E-state index in [9.17, 15) is 4.79 Å². The second-order valence-corrected chi connectivity index (χ2v) is 5.28. The number of benzene rings is 1. The highest BCUT2D eigenvalue weighted by Crippen LogP contribution is 2.27. The molecule has 5 nitrogen and oxygen atoms in total. The zero-order chi connectivity index (χ0) is 14.8. The third-order valence-electron chi connectivity index (χ3n) is 2.36. The van der Waals surface area contributed by atoms with E-state index >= 15 is 0 Å². The number of hydrogen-bond donors (Lipinski definition) is 2. The van der Waals surface area contributed by atoms with Crippen LogP contribution in [0.5, 0.6) is 5.75 Å². The average Bonchev–Trinajstić information content (AvgIpc) is 2.41. The normalized spacial score (nSPS) is 10.3. The molecule has 2 N–H and O–H groups in total. The summed E-state index contributed by atoms with van der Waals surface area (Å²) < 4.78 is 11.1. The van der Waals surface area contributed by atoms with Gasteiger partial charge in [0, 0.05) is 31.2 Å². The van der Waals surface area contributed by atoms with Crippen LogP contribution < -0.4 is 15.4 Å². The highest BCUT2D eigenvalue weighted by molar-refractivity contribution is 9.10. The van der Waals surface area contributed by atoms with Crippen molar-refractivity contribution in [1.82, 2.24) is 10.6 Å². The molecule has 0 aliphatic rings. The molecular weight excluding hydrogens is 348 g/mol. The average molecular weight is 366 g/mol. The van der Waals surface area contributed by atoms with Crippen molar-refractivity contribution in [3.63, 3.8) is 0 Å². The Morgan fingerprint density at radius 2 is 2.15 bits per heavy atom. The minimum atomic E-state index is -0.183. The van der Waals surface area contributed by atoms with Crippen molar-refractivity contribution in [2.24, 2.45) is 0 Å². The lowest BCUT2D eigenvalue weighted by atomic mass is 10.3. The third-order valence-corrected chi connectivity index (χ3v) is 3.15. The van der Waals surface area contributed by atoms with Crippen molar-refractivity contribution in [2.75, 3.05) is 40.0 Å². The smallest absolute Gasteiger partial charge is 0.257 e. The lowest BCUT2D eigenvalue weighted by Gasteiger charge is -2.09. The van der Waals surface area contributed by atoms with Crippen LogP contribution in [-0.4, -0.2) is 45.9 Å². The standard InChI is InChI=1S/C13H18BrClN2O3/c1-19-7-6-16-4-5-17-13(18)9-20-12-3-2-10(14)8-11(12)15/h2-3,8,16H,4-7,9H2,1H3,(H,17,18). The first-order valence-corrected chi connectivity index (χ1v) is 7.35. The fourth-order valence-corrected chi connectivity index (χ4v) is 2.10. The van der Waals surface area contributed by atoms with Crippen LogP contribution in [0.4, 0.5) is 0 Å². The highest BCUT2D eigenvalue weighted by atomic mass is 79.9. The minimum absolute atomic E-state index is 0.0561. The van der Waals surface area contributed by atoms with Crippen molar-refractivity contribution in [3.8, 4) is 5.75 Å². The molecule has 0 aromatic heterocycles. The molecule has 0 aliphatic heterocycles. The topological polar surface area (TPSA) is 59.6 Å². The van der Waals surface area contributed by atoms with E-state index in [-0.39, 0.29) is 12.5 Å². The van der Waals surface area contributed by atoms with Crippen molar-refractivity contribution >= 4 is 33.4 Å². The molecule has 1 aromatic carbocycles. The minimum Gasteiger partial charge on any atom is -0.482 e. The van der Waals surface area contributed by atoms with Gasteiger partial charge in [-0.2, -0.15) is 0 Å². The molecule has 0 bridgehead atoms. The molecule has 20 heavy (non-hydrogen) atoms. The Bertz CT molecular complexity index is 432. The van der Waals surface area contributed by atoms with E-state index < -0.39 is 0 Å². The van der Waals surface area contributed by atoms with E-state index in [2.05, 4.69) is 26.6 Å². The van der Waals surface area contributed by atoms with Crippen LogP contribution in [0, 0.1) is 0 Å². The summed E-state index contributed by atoms with van der Waals surface area (Å²) in [5.41, 5.74) is 0. The Labute approximate surface area is 132 Å². The van der Waals surface area contributed by atoms with E-state index in [1.54, 1.807) is 25.3 Å². The number of amides is 1. The third kappa shape index (κ3) is 7.09. The number of hydrogen-bond acceptors (Lipinski definition) is 4. The number of methoxy groups -OCH3 is 1. The molecule has 0 aliphatic carbocycles. The van der Waals surface area contributed by atoms with Gasteiger partial charge in [-0.15, -0.1) is 0 Å². The van der Waals surface area contributed by atoms with Crippen molar-refractivity contribution < 1.29 is 14.3 Å². The van der Waals surface area contributed by atoms with Crippen molar-refractivity contribution in [1.29, 1.82) is 0 Å². The summed E-state index contributed by atoms with van der Waals surface area (Å²) in [7, 11) is 1.65. The molecule has 0 spiro atoms. The molecule has 0 saturated carbocycles. The zero-order valence-electron chi connectivity index (χ0n) is 11.2. The molecule has 0 fully saturated rings. The first-order chi connectivity index (χ1) is 9.63. The fourth-order valence-electron chi connectivity index (χ4n) is 1.38. The predicted octanol–water partition coefficient (Wildman–Crippen LogP) is 1.83. The number of carbonyl (C=O) groups is 1. The fraction of sp³-hybridized carbons (Fsp3) is 0.462. The van der Waals surface area contributed by atoms with E-state index in [4.69, 9.17) is 21.1 Å². The molecule has 1 rings (SSSR count). The molecule has 0 saturated heterocycles. The second-order valence-electron chi connectivity index (χ2n) is 3.96. The highest BCUT2D eigenvalue weighted by Gasteiger charge is 2.05. The number of halogens is 2. The maximum Gasteiger partial charge on any atom is 0.257 e. The van der Waals surface area contributed by atoms with Crippen LogP contribution in [0.2, 0.25) is 5.02 Å². The summed E-state index contributed by atoms with van der Waals surface area (Å²) in [6.45, 7) is 2.59. The van der Waals surface area contributed by atoms with Gasteiger partial charge in [0.1, 0.15) is 5.75 Å². The summed E-state index contributed by atoms with van der Waals surface area (Å²) in [6.07, 6.45) is 0. The van der Waals surface area contributed by atoms with Crippen LogP contribution in [0.1, 0.15) is 0 Å². The van der Waals surface area contributed by atoms with E-state index in [0.717, 1.165) is 11.0 Å². The Balaban J connectivity index is 2.16. The number of ether oxygens (including phenoxy) is 2. The number of carbonyl (C=O) groups excluding carboxylic acids is 1. The molecule has 0 unspecified atom stereocenters. The van der Waals surface area contributed by atoms with Crippen LogP contribution in [-0.2, 0) is 9.53 Å². The summed E-state index contributed by atoms with van der Waals surface area (Å²) in [4.78, 5) is 11.5. The van der Waals surface area contributed by atoms with Gasteiger partial charge >= 0.3 is 0 Å². The predicted molar refractivity (Wildman–Crippen MR) is 82.4 cm³/mol. The van der Waals surface area contributed by atoms with Crippen molar-refractivity contribution in [3.05, 3.63) is 27.7 Å². The number of nitrogens with one attached hydrogen (secondary N) is 2. The van der Waals surface area contributed by atoms with E-state index in [0.29, 0.717) is 30.5 Å². The van der Waals surface area contributed by atoms with Crippen LogP contribution >= 0.6 is 27.5 Å². The zero-order valence-corrected chi connectivity index (χ0v) is 13.6. The monoisotopic (exact) mass is 364 g/mol. The van der Waals surface area contributed by atoms with Gasteiger partial charge in [0.15, 0.2) is 6.61 Å². The van der Waals surface area contributed by atoms with E-state index in [1.165, 1.54) is 0 Å². The van der Waals surface area contributed by atoms with Gasteiger partial charge in [-0.05, 0) is 18.2 Å². The summed E-state index contributed by atoms with van der Waals surface area (Å²) >= 11 is 9.28. The summed E-state index contributed by atoms with van der Waals surface area (Å²) in [5.74, 6) is 0.306. The Hall–Kier alpha value is -0.820. The molecule has 0 heterocycles. The lowest BCUT2D eigenvalue weighted by Crippen LogP contribution is -2.35. The van der Waals surface area contributed by atoms with Crippen LogP contribution in [0.25, 0.3) is 0 Å². The Morgan fingerprint density at radius 1 is 1.35 bits per heavy atom. The summed E-state index contributed by atoms with van der Waals surface area (Å²) in [5, 5.41) is 6.33. The Kier molecular flexibility index (Phi) is 8.60. The van der Waals surface area contributed by atoms with Gasteiger partial charge in [0.25, 0.3) is 5.91 Å². The molecule has 1 amide bonds. The van der Waals surface area contributed by atoms with Gasteiger partial charge < -0.3 is 20.1 Å². The largest absolute Gasteiger partial charge is 0.482 e. The Morgan fingerprint density at radius 3 is 2.85 bits per heavy atom. The molecule has 112 valence electrons. The number of rotatable bonds is 9. The van der Waals surface area contributed by atoms with Gasteiger partial charge in [-0.1, -0.05) is 27.5 Å². The maximum atomic E-state index is 11.5. The second kappa shape index (κ2) is 9.99. The van der Waals surface area contributed by atoms with Crippen molar-refractivity contribution in [2.45, 2.75) is 0 Å². The van der Waals surface area contributed by atoms with Gasteiger partial charge in [0.05, 0.1) is 11.6 Å². The van der Waals surface area contributed by atoms with Gasteiger partial charge in [-0.25, -0.2) is 0 Å². The molecule has 7 heteroatoms. The van der Waals surface area contributed by atoms with Crippen LogP contribution in [0.3, 0.4) is 0 Å². The SMILES string of the molecule is COCCNCCNC(=O)COc1ccc(Br)cc1Cl. The van der Waals surface area contributed by atoms with Gasteiger partial charge in [-0.3, -0.25) is 4.79 Å². The molecule has 1 aromatic rings. The summed E-state index contributed by atoms with van der Waals surface area (Å²) in [6, 6.07) is 5.24. The quantitative estimate of drug-likeness (QED) is 0.656. The van der Waals surface area contributed by atoms with Gasteiger partial charge in [0.2, 0.25) is 0 Å². The first-order valence-electron chi connectivity index (χ1n) is 6.17.